The lowest BCUT2D eigenvalue weighted by Gasteiger charge is -2.12. The van der Waals surface area contributed by atoms with Crippen LogP contribution in [0.5, 0.6) is 0 Å². The zero-order valence-corrected chi connectivity index (χ0v) is 19.4. The van der Waals surface area contributed by atoms with Gasteiger partial charge in [-0.1, -0.05) is 24.3 Å². The second-order valence-corrected chi connectivity index (χ2v) is 8.43. The van der Waals surface area contributed by atoms with Gasteiger partial charge < -0.3 is 25.7 Å². The van der Waals surface area contributed by atoms with E-state index in [4.69, 9.17) is 9.73 Å². The molecule has 0 bridgehead atoms. The third kappa shape index (κ3) is 6.14. The summed E-state index contributed by atoms with van der Waals surface area (Å²) >= 11 is 0. The zero-order valence-electron chi connectivity index (χ0n) is 19.4. The highest BCUT2D eigenvalue weighted by Gasteiger charge is 2.23. The lowest BCUT2D eigenvalue weighted by Crippen LogP contribution is -2.38. The summed E-state index contributed by atoms with van der Waals surface area (Å²) in [6, 6.07) is 14.3. The summed E-state index contributed by atoms with van der Waals surface area (Å²) in [5.41, 5.74) is 5.53. The standard InChI is InChI=1S/C26H33N5O2/c1-3-27-26(28-12-11-20-17-29-23-14-18(2)9-10-22(20)23)30-16-19-6-4-7-21(15-19)31-25(32)24-8-5-13-33-24/h4,6-7,9-10,14-15,17,24,29H,3,5,8,11-13,16H2,1-2H3,(H,31,32)(H2,27,28,30). The smallest absolute Gasteiger partial charge is 0.253 e. The Morgan fingerprint density at radius 1 is 1.21 bits per heavy atom. The van der Waals surface area contributed by atoms with Gasteiger partial charge in [0.25, 0.3) is 5.91 Å². The summed E-state index contributed by atoms with van der Waals surface area (Å²) in [5.74, 6) is 0.706. The number of ether oxygens (including phenoxy) is 1. The van der Waals surface area contributed by atoms with E-state index in [1.165, 1.54) is 22.0 Å². The summed E-state index contributed by atoms with van der Waals surface area (Å²) in [5, 5.41) is 11.0. The van der Waals surface area contributed by atoms with Crippen LogP contribution in [-0.4, -0.2) is 42.7 Å². The highest BCUT2D eigenvalue weighted by molar-refractivity contribution is 5.94. The van der Waals surface area contributed by atoms with Crippen LogP contribution >= 0.6 is 0 Å². The minimum atomic E-state index is -0.336. The molecule has 1 aliphatic heterocycles. The van der Waals surface area contributed by atoms with Gasteiger partial charge >= 0.3 is 0 Å². The van der Waals surface area contributed by atoms with Gasteiger partial charge in [-0.2, -0.15) is 0 Å². The second kappa shape index (κ2) is 11.0. The Hall–Kier alpha value is -3.32. The van der Waals surface area contributed by atoms with Gasteiger partial charge in [-0.3, -0.25) is 4.79 Å². The van der Waals surface area contributed by atoms with Crippen LogP contribution in [0.25, 0.3) is 10.9 Å². The number of anilines is 1. The van der Waals surface area contributed by atoms with Crippen molar-refractivity contribution in [2.75, 3.05) is 25.0 Å². The molecule has 174 valence electrons. The van der Waals surface area contributed by atoms with E-state index in [-0.39, 0.29) is 12.0 Å². The Bertz CT molecular complexity index is 1110. The Morgan fingerprint density at radius 2 is 2.12 bits per heavy atom. The van der Waals surface area contributed by atoms with E-state index in [0.29, 0.717) is 13.2 Å². The molecular formula is C26H33N5O2. The van der Waals surface area contributed by atoms with Crippen LogP contribution in [0, 0.1) is 6.92 Å². The Morgan fingerprint density at radius 3 is 2.94 bits per heavy atom. The maximum Gasteiger partial charge on any atom is 0.253 e. The van der Waals surface area contributed by atoms with Crippen molar-refractivity contribution in [3.05, 3.63) is 65.4 Å². The molecule has 4 rings (SSSR count). The first-order valence-corrected chi connectivity index (χ1v) is 11.7. The lowest BCUT2D eigenvalue weighted by atomic mass is 10.1. The number of guanidine groups is 1. The van der Waals surface area contributed by atoms with Gasteiger partial charge in [0.05, 0.1) is 6.54 Å². The van der Waals surface area contributed by atoms with Gasteiger partial charge in [-0.25, -0.2) is 4.99 Å². The molecule has 2 heterocycles. The van der Waals surface area contributed by atoms with E-state index in [9.17, 15) is 4.79 Å². The van der Waals surface area contributed by atoms with Crippen molar-refractivity contribution in [2.24, 2.45) is 4.99 Å². The van der Waals surface area contributed by atoms with Crippen molar-refractivity contribution in [1.82, 2.24) is 15.6 Å². The predicted octanol–water partition coefficient (Wildman–Crippen LogP) is 3.89. The summed E-state index contributed by atoms with van der Waals surface area (Å²) in [6.45, 7) is 6.91. The molecule has 1 fully saturated rings. The molecule has 4 N–H and O–H groups in total. The monoisotopic (exact) mass is 447 g/mol. The number of benzene rings is 2. The molecule has 1 aliphatic rings. The van der Waals surface area contributed by atoms with Crippen molar-refractivity contribution < 1.29 is 9.53 Å². The minimum Gasteiger partial charge on any atom is -0.368 e. The summed E-state index contributed by atoms with van der Waals surface area (Å²) < 4.78 is 5.46. The molecule has 1 unspecified atom stereocenters. The number of aromatic nitrogens is 1. The van der Waals surface area contributed by atoms with Crippen molar-refractivity contribution in [3.63, 3.8) is 0 Å². The molecule has 3 aromatic rings. The van der Waals surface area contributed by atoms with Crippen LogP contribution in [0.4, 0.5) is 5.69 Å². The molecule has 1 saturated heterocycles. The molecule has 0 saturated carbocycles. The molecule has 2 aromatic carbocycles. The molecule has 1 amide bonds. The second-order valence-electron chi connectivity index (χ2n) is 8.43. The molecule has 0 aliphatic carbocycles. The number of aliphatic imine (C=N–C) groups is 1. The fraction of sp³-hybridized carbons (Fsp3) is 0.385. The molecule has 7 nitrogen and oxygen atoms in total. The highest BCUT2D eigenvalue weighted by Crippen LogP contribution is 2.20. The number of fused-ring (bicyclic) bond motifs is 1. The fourth-order valence-electron chi connectivity index (χ4n) is 4.09. The number of rotatable bonds is 8. The molecule has 0 radical (unpaired) electrons. The first kappa shape index (κ1) is 22.9. The van der Waals surface area contributed by atoms with Gasteiger partial charge in [0.2, 0.25) is 0 Å². The average molecular weight is 448 g/mol. The zero-order chi connectivity index (χ0) is 23.0. The third-order valence-corrected chi connectivity index (χ3v) is 5.79. The normalized spacial score (nSPS) is 16.2. The Balaban J connectivity index is 1.33. The maximum atomic E-state index is 12.3. The first-order chi connectivity index (χ1) is 16.1. The SMILES string of the molecule is CCNC(=NCc1cccc(NC(=O)C2CCCO2)c1)NCCc1c[nH]c2cc(C)ccc12. The Labute approximate surface area is 195 Å². The van der Waals surface area contributed by atoms with E-state index >= 15 is 0 Å². The first-order valence-electron chi connectivity index (χ1n) is 11.7. The van der Waals surface area contributed by atoms with Crippen LogP contribution in [-0.2, 0) is 22.5 Å². The third-order valence-electron chi connectivity index (χ3n) is 5.79. The van der Waals surface area contributed by atoms with Gasteiger partial charge in [0.1, 0.15) is 6.10 Å². The maximum absolute atomic E-state index is 12.3. The Kier molecular flexibility index (Phi) is 7.62. The van der Waals surface area contributed by atoms with Crippen molar-refractivity contribution in [2.45, 2.75) is 45.8 Å². The lowest BCUT2D eigenvalue weighted by molar-refractivity contribution is -0.124. The van der Waals surface area contributed by atoms with Crippen molar-refractivity contribution in [1.29, 1.82) is 0 Å². The number of aryl methyl sites for hydroxylation is 1. The van der Waals surface area contributed by atoms with Crippen molar-refractivity contribution >= 4 is 28.5 Å². The van der Waals surface area contributed by atoms with Crippen LogP contribution in [0.2, 0.25) is 0 Å². The average Bonchev–Trinajstić information content (AvgIpc) is 3.48. The summed E-state index contributed by atoms with van der Waals surface area (Å²) in [4.78, 5) is 20.4. The fourth-order valence-corrected chi connectivity index (χ4v) is 4.09. The largest absolute Gasteiger partial charge is 0.368 e. The van der Waals surface area contributed by atoms with Crippen LogP contribution < -0.4 is 16.0 Å². The van der Waals surface area contributed by atoms with Crippen molar-refractivity contribution in [3.8, 4) is 0 Å². The summed E-state index contributed by atoms with van der Waals surface area (Å²) in [7, 11) is 0. The molecule has 1 aromatic heterocycles. The number of aromatic amines is 1. The number of nitrogens with one attached hydrogen (secondary N) is 4. The molecule has 33 heavy (non-hydrogen) atoms. The molecule has 0 spiro atoms. The number of hydrogen-bond acceptors (Lipinski definition) is 3. The summed E-state index contributed by atoms with van der Waals surface area (Å²) in [6.07, 6.45) is 4.38. The van der Waals surface area contributed by atoms with Gasteiger partial charge in [0.15, 0.2) is 5.96 Å². The minimum absolute atomic E-state index is 0.0735. The van der Waals surface area contributed by atoms with Crippen LogP contribution in [0.1, 0.15) is 36.5 Å². The van der Waals surface area contributed by atoms with E-state index in [1.54, 1.807) is 0 Å². The quantitative estimate of drug-likeness (QED) is 0.311. The number of H-pyrrole nitrogens is 1. The predicted molar refractivity (Wildman–Crippen MR) is 134 cm³/mol. The van der Waals surface area contributed by atoms with E-state index < -0.39 is 0 Å². The van der Waals surface area contributed by atoms with Crippen LogP contribution in [0.15, 0.2) is 53.7 Å². The number of amides is 1. The van der Waals surface area contributed by atoms with Gasteiger partial charge in [-0.05, 0) is 68.0 Å². The number of hydrogen-bond donors (Lipinski definition) is 4. The highest BCUT2D eigenvalue weighted by atomic mass is 16.5. The number of carbonyl (C=O) groups excluding carboxylic acids is 1. The molecule has 7 heteroatoms. The topological polar surface area (TPSA) is 90.5 Å². The molecule has 1 atom stereocenters. The molecular weight excluding hydrogens is 414 g/mol. The van der Waals surface area contributed by atoms with Gasteiger partial charge in [0, 0.05) is 42.5 Å². The van der Waals surface area contributed by atoms with E-state index in [1.807, 2.05) is 24.3 Å². The van der Waals surface area contributed by atoms with Gasteiger partial charge in [-0.15, -0.1) is 0 Å². The number of nitrogens with zero attached hydrogens (tertiary/aromatic N) is 1. The van der Waals surface area contributed by atoms with Crippen LogP contribution in [0.3, 0.4) is 0 Å². The number of carbonyl (C=O) groups is 1. The van der Waals surface area contributed by atoms with E-state index in [0.717, 1.165) is 49.6 Å². The van der Waals surface area contributed by atoms with E-state index in [2.05, 4.69) is 59.2 Å².